The van der Waals surface area contributed by atoms with Crippen LogP contribution in [0.3, 0.4) is 0 Å². The third kappa shape index (κ3) is 4.89. The smallest absolute Gasteiger partial charge is 0.196 e. The van der Waals surface area contributed by atoms with Gasteiger partial charge in [-0.1, -0.05) is 84.9 Å². The van der Waals surface area contributed by atoms with Crippen molar-refractivity contribution in [2.45, 2.75) is 30.7 Å². The van der Waals surface area contributed by atoms with Crippen molar-refractivity contribution in [1.82, 2.24) is 14.8 Å². The van der Waals surface area contributed by atoms with Crippen LogP contribution < -0.4 is 0 Å². The van der Waals surface area contributed by atoms with Crippen molar-refractivity contribution in [2.75, 3.05) is 0 Å². The summed E-state index contributed by atoms with van der Waals surface area (Å²) in [6, 6.07) is 27.0. The lowest BCUT2D eigenvalue weighted by Gasteiger charge is -2.11. The van der Waals surface area contributed by atoms with Crippen LogP contribution in [-0.2, 0) is 18.6 Å². The zero-order chi connectivity index (χ0) is 20.1. The van der Waals surface area contributed by atoms with Gasteiger partial charge < -0.3 is 0 Å². The summed E-state index contributed by atoms with van der Waals surface area (Å²) in [5.41, 5.74) is 4.85. The Morgan fingerprint density at radius 1 is 0.793 bits per heavy atom. The fraction of sp³-hybridized carbons (Fsp3) is 0.167. The standard InChI is InChI=1S/C24H22ClN3S/c1-2-18-10-14-22(15-11-18)28-23(16-19-6-4-3-5-7-19)26-27-24(28)29-17-20-8-12-21(25)13-9-20/h3-15H,2,16-17H2,1H3. The minimum absolute atomic E-state index is 0.741. The van der Waals surface area contributed by atoms with Gasteiger partial charge in [0.2, 0.25) is 0 Å². The summed E-state index contributed by atoms with van der Waals surface area (Å²) in [5, 5.41) is 10.7. The number of aromatic nitrogens is 3. The molecule has 0 radical (unpaired) electrons. The Labute approximate surface area is 180 Å². The van der Waals surface area contributed by atoms with Gasteiger partial charge in [0, 0.05) is 22.9 Å². The summed E-state index contributed by atoms with van der Waals surface area (Å²) in [6.45, 7) is 2.17. The molecule has 0 amide bonds. The number of rotatable bonds is 7. The molecule has 0 bridgehead atoms. The average molecular weight is 420 g/mol. The molecule has 146 valence electrons. The third-order valence-electron chi connectivity index (χ3n) is 4.79. The van der Waals surface area contributed by atoms with Crippen molar-refractivity contribution >= 4 is 23.4 Å². The third-order valence-corrected chi connectivity index (χ3v) is 6.04. The van der Waals surface area contributed by atoms with Gasteiger partial charge in [-0.3, -0.25) is 4.57 Å². The van der Waals surface area contributed by atoms with Gasteiger partial charge >= 0.3 is 0 Å². The SMILES string of the molecule is CCc1ccc(-n2c(Cc3ccccc3)nnc2SCc2ccc(Cl)cc2)cc1. The molecule has 5 heteroatoms. The fourth-order valence-corrected chi connectivity index (χ4v) is 4.21. The molecule has 1 aromatic heterocycles. The van der Waals surface area contributed by atoms with Gasteiger partial charge in [0.05, 0.1) is 0 Å². The average Bonchev–Trinajstić information content (AvgIpc) is 3.16. The van der Waals surface area contributed by atoms with E-state index in [1.807, 2.05) is 18.2 Å². The molecule has 0 spiro atoms. The van der Waals surface area contributed by atoms with Crippen molar-refractivity contribution in [3.8, 4) is 5.69 Å². The van der Waals surface area contributed by atoms with Crippen LogP contribution in [0.4, 0.5) is 0 Å². The molecule has 1 heterocycles. The normalized spacial score (nSPS) is 11.0. The highest BCUT2D eigenvalue weighted by Crippen LogP contribution is 2.27. The monoisotopic (exact) mass is 419 g/mol. The Kier molecular flexibility index (Phi) is 6.33. The topological polar surface area (TPSA) is 30.7 Å². The number of nitrogens with zero attached hydrogens (tertiary/aromatic N) is 3. The van der Waals surface area contributed by atoms with E-state index in [1.165, 1.54) is 16.7 Å². The number of hydrogen-bond acceptors (Lipinski definition) is 3. The molecule has 4 aromatic rings. The van der Waals surface area contributed by atoms with Crippen LogP contribution in [0.5, 0.6) is 0 Å². The molecule has 3 nitrogen and oxygen atoms in total. The molecule has 0 atom stereocenters. The fourth-order valence-electron chi connectivity index (χ4n) is 3.16. The van der Waals surface area contributed by atoms with Crippen LogP contribution in [0, 0.1) is 0 Å². The first-order valence-corrected chi connectivity index (χ1v) is 11.0. The van der Waals surface area contributed by atoms with Gasteiger partial charge in [-0.25, -0.2) is 0 Å². The Morgan fingerprint density at radius 3 is 2.17 bits per heavy atom. The van der Waals surface area contributed by atoms with Gasteiger partial charge in [-0.2, -0.15) is 0 Å². The predicted molar refractivity (Wildman–Crippen MR) is 121 cm³/mol. The molecule has 0 fully saturated rings. The number of benzene rings is 3. The second kappa shape index (κ2) is 9.29. The Bertz CT molecular complexity index is 1060. The summed E-state index contributed by atoms with van der Waals surface area (Å²) < 4.78 is 2.17. The summed E-state index contributed by atoms with van der Waals surface area (Å²) >= 11 is 7.69. The molecule has 0 aliphatic carbocycles. The van der Waals surface area contributed by atoms with E-state index in [-0.39, 0.29) is 0 Å². The highest BCUT2D eigenvalue weighted by molar-refractivity contribution is 7.98. The molecule has 0 aliphatic rings. The zero-order valence-corrected chi connectivity index (χ0v) is 17.8. The van der Waals surface area contributed by atoms with Crippen LogP contribution in [0.2, 0.25) is 5.02 Å². The van der Waals surface area contributed by atoms with E-state index < -0.39 is 0 Å². The van der Waals surface area contributed by atoms with Crippen molar-refractivity contribution in [2.24, 2.45) is 0 Å². The number of aryl methyl sites for hydroxylation is 1. The van der Waals surface area contributed by atoms with Gasteiger partial charge in [-0.15, -0.1) is 10.2 Å². The lowest BCUT2D eigenvalue weighted by atomic mass is 10.1. The Balaban J connectivity index is 1.65. The Morgan fingerprint density at radius 2 is 1.48 bits per heavy atom. The van der Waals surface area contributed by atoms with Crippen molar-refractivity contribution in [3.05, 3.63) is 106 Å². The van der Waals surface area contributed by atoms with E-state index in [0.717, 1.165) is 40.3 Å². The molecule has 0 aliphatic heterocycles. The predicted octanol–water partition coefficient (Wildman–Crippen LogP) is 6.37. The van der Waals surface area contributed by atoms with Crippen LogP contribution >= 0.6 is 23.4 Å². The van der Waals surface area contributed by atoms with E-state index in [2.05, 4.69) is 82.4 Å². The lowest BCUT2D eigenvalue weighted by Crippen LogP contribution is -2.04. The lowest BCUT2D eigenvalue weighted by molar-refractivity contribution is 0.846. The van der Waals surface area contributed by atoms with Crippen LogP contribution in [0.15, 0.2) is 84.0 Å². The minimum atomic E-state index is 0.741. The van der Waals surface area contributed by atoms with Crippen molar-refractivity contribution in [3.63, 3.8) is 0 Å². The van der Waals surface area contributed by atoms with Gasteiger partial charge in [-0.05, 0) is 47.4 Å². The maximum absolute atomic E-state index is 6.01. The maximum atomic E-state index is 6.01. The number of thioether (sulfide) groups is 1. The molecule has 0 unspecified atom stereocenters. The highest BCUT2D eigenvalue weighted by atomic mass is 35.5. The summed E-state index contributed by atoms with van der Waals surface area (Å²) in [5.74, 6) is 1.76. The first kappa shape index (κ1) is 19.7. The minimum Gasteiger partial charge on any atom is -0.274 e. The molecule has 0 saturated carbocycles. The molecular weight excluding hydrogens is 398 g/mol. The van der Waals surface area contributed by atoms with Gasteiger partial charge in [0.15, 0.2) is 5.16 Å². The number of hydrogen-bond donors (Lipinski definition) is 0. The number of halogens is 1. The Hall–Kier alpha value is -2.56. The first-order valence-electron chi connectivity index (χ1n) is 9.67. The summed E-state index contributed by atoms with van der Waals surface area (Å²) in [6.07, 6.45) is 1.77. The van der Waals surface area contributed by atoms with Crippen molar-refractivity contribution in [1.29, 1.82) is 0 Å². The van der Waals surface area contributed by atoms with Crippen LogP contribution in [0.1, 0.15) is 29.4 Å². The molecule has 3 aromatic carbocycles. The zero-order valence-electron chi connectivity index (χ0n) is 16.3. The van der Waals surface area contributed by atoms with Gasteiger partial charge in [0.1, 0.15) is 5.82 Å². The maximum Gasteiger partial charge on any atom is 0.196 e. The quantitative estimate of drug-likeness (QED) is 0.326. The molecule has 29 heavy (non-hydrogen) atoms. The van der Waals surface area contributed by atoms with E-state index in [1.54, 1.807) is 11.8 Å². The van der Waals surface area contributed by atoms with E-state index in [9.17, 15) is 0 Å². The second-order valence-corrected chi connectivity index (χ2v) is 8.21. The van der Waals surface area contributed by atoms with Crippen LogP contribution in [-0.4, -0.2) is 14.8 Å². The largest absolute Gasteiger partial charge is 0.274 e. The van der Waals surface area contributed by atoms with E-state index >= 15 is 0 Å². The molecule has 0 saturated heterocycles. The van der Waals surface area contributed by atoms with Gasteiger partial charge in [0.25, 0.3) is 0 Å². The van der Waals surface area contributed by atoms with E-state index in [0.29, 0.717) is 0 Å². The molecule has 4 rings (SSSR count). The van der Waals surface area contributed by atoms with Crippen molar-refractivity contribution < 1.29 is 0 Å². The summed E-state index contributed by atoms with van der Waals surface area (Å²) in [7, 11) is 0. The highest BCUT2D eigenvalue weighted by Gasteiger charge is 2.15. The van der Waals surface area contributed by atoms with Crippen LogP contribution in [0.25, 0.3) is 5.69 Å². The van der Waals surface area contributed by atoms with E-state index in [4.69, 9.17) is 11.6 Å². The molecule has 0 N–H and O–H groups in total. The molecular formula is C24H22ClN3S. The second-order valence-electron chi connectivity index (χ2n) is 6.83. The summed E-state index contributed by atoms with van der Waals surface area (Å²) in [4.78, 5) is 0. The first-order chi connectivity index (χ1) is 14.2.